The van der Waals surface area contributed by atoms with Crippen molar-refractivity contribution < 1.29 is 4.79 Å². The Labute approximate surface area is 125 Å². The number of amides is 2. The summed E-state index contributed by atoms with van der Waals surface area (Å²) in [5.41, 5.74) is 1.06. The number of urea groups is 1. The van der Waals surface area contributed by atoms with Crippen LogP contribution >= 0.6 is 11.3 Å². The lowest BCUT2D eigenvalue weighted by molar-refractivity contribution is 0.156. The molecule has 0 saturated heterocycles. The van der Waals surface area contributed by atoms with Crippen molar-refractivity contribution in [3.63, 3.8) is 0 Å². The van der Waals surface area contributed by atoms with E-state index in [0.29, 0.717) is 18.5 Å². The lowest BCUT2D eigenvalue weighted by Gasteiger charge is -2.32. The molecule has 0 aromatic carbocycles. The Kier molecular flexibility index (Phi) is 4.68. The second kappa shape index (κ2) is 6.12. The molecule has 1 atom stereocenters. The summed E-state index contributed by atoms with van der Waals surface area (Å²) in [6, 6.07) is 0.772. The first-order valence-corrected chi connectivity index (χ1v) is 8.21. The topological polar surface area (TPSA) is 45.2 Å². The van der Waals surface area contributed by atoms with Crippen molar-refractivity contribution in [1.82, 2.24) is 15.2 Å². The molecule has 1 aromatic rings. The third-order valence-corrected chi connectivity index (χ3v) is 5.11. The van der Waals surface area contributed by atoms with Crippen molar-refractivity contribution in [2.45, 2.75) is 66.1 Å². The minimum absolute atomic E-state index is 0.0548. The predicted molar refractivity (Wildman–Crippen MR) is 83.0 cm³/mol. The number of nitrogens with one attached hydrogen (secondary N) is 1. The third-order valence-electron chi connectivity index (χ3n) is 4.04. The molecule has 1 aromatic heterocycles. The smallest absolute Gasteiger partial charge is 0.318 e. The monoisotopic (exact) mass is 295 g/mol. The zero-order chi connectivity index (χ0) is 14.9. The van der Waals surface area contributed by atoms with E-state index in [0.717, 1.165) is 23.5 Å². The molecule has 1 heterocycles. The van der Waals surface area contributed by atoms with Crippen LogP contribution in [0.5, 0.6) is 0 Å². The molecule has 0 unspecified atom stereocenters. The number of aromatic nitrogens is 1. The van der Waals surface area contributed by atoms with Gasteiger partial charge in [0.05, 0.1) is 12.2 Å². The van der Waals surface area contributed by atoms with Gasteiger partial charge < -0.3 is 10.2 Å². The summed E-state index contributed by atoms with van der Waals surface area (Å²) in [4.78, 5) is 20.1. The third kappa shape index (κ3) is 3.51. The first kappa shape index (κ1) is 15.3. The maximum Gasteiger partial charge on any atom is 0.318 e. The molecule has 20 heavy (non-hydrogen) atoms. The lowest BCUT2D eigenvalue weighted by atomic mass is 10.0. The van der Waals surface area contributed by atoms with Crippen LogP contribution in [0.25, 0.3) is 0 Å². The molecule has 4 nitrogen and oxygen atoms in total. The van der Waals surface area contributed by atoms with Crippen LogP contribution in [-0.4, -0.2) is 28.0 Å². The summed E-state index contributed by atoms with van der Waals surface area (Å²) in [5.74, 6) is 0.478. The highest BCUT2D eigenvalue weighted by Gasteiger charge is 2.36. The molecule has 0 radical (unpaired) electrons. The lowest BCUT2D eigenvalue weighted by Crippen LogP contribution is -2.48. The molecule has 5 heteroatoms. The van der Waals surface area contributed by atoms with Crippen molar-refractivity contribution >= 4 is 17.4 Å². The Morgan fingerprint density at radius 3 is 2.50 bits per heavy atom. The fourth-order valence-corrected chi connectivity index (χ4v) is 3.09. The summed E-state index contributed by atoms with van der Waals surface area (Å²) < 4.78 is 0. The van der Waals surface area contributed by atoms with Crippen LogP contribution in [0.15, 0.2) is 0 Å². The second-order valence-corrected chi connectivity index (χ2v) is 7.32. The Bertz CT molecular complexity index is 460. The summed E-state index contributed by atoms with van der Waals surface area (Å²) in [6.45, 7) is 11.1. The normalized spacial score (nSPS) is 16.3. The van der Waals surface area contributed by atoms with E-state index in [2.05, 4.69) is 38.0 Å². The fourth-order valence-electron chi connectivity index (χ4n) is 2.21. The molecular weight excluding hydrogens is 270 g/mol. The molecule has 1 N–H and O–H groups in total. The van der Waals surface area contributed by atoms with Gasteiger partial charge in [0.2, 0.25) is 0 Å². The molecule has 2 amide bonds. The number of aryl methyl sites for hydroxylation is 2. The maximum atomic E-state index is 12.4. The number of hydrogen-bond acceptors (Lipinski definition) is 3. The Balaban J connectivity index is 1.95. The highest BCUT2D eigenvalue weighted by Crippen LogP contribution is 2.30. The molecule has 1 saturated carbocycles. The number of carbonyl (C=O) groups is 1. The van der Waals surface area contributed by atoms with E-state index in [4.69, 9.17) is 0 Å². The Morgan fingerprint density at radius 2 is 2.05 bits per heavy atom. The van der Waals surface area contributed by atoms with Crippen molar-refractivity contribution in [2.24, 2.45) is 5.92 Å². The zero-order valence-electron chi connectivity index (χ0n) is 13.1. The van der Waals surface area contributed by atoms with Crippen molar-refractivity contribution in [2.75, 3.05) is 0 Å². The average molecular weight is 295 g/mol. The van der Waals surface area contributed by atoms with Gasteiger partial charge >= 0.3 is 6.03 Å². The Morgan fingerprint density at radius 1 is 1.40 bits per heavy atom. The van der Waals surface area contributed by atoms with Crippen LogP contribution < -0.4 is 5.32 Å². The molecular formula is C15H25N3OS. The van der Waals surface area contributed by atoms with Crippen molar-refractivity contribution in [3.8, 4) is 0 Å². The second-order valence-electron chi connectivity index (χ2n) is 6.03. The van der Waals surface area contributed by atoms with Crippen LogP contribution in [0, 0.1) is 19.8 Å². The number of thiazole rings is 1. The highest BCUT2D eigenvalue weighted by molar-refractivity contribution is 7.11. The van der Waals surface area contributed by atoms with E-state index < -0.39 is 0 Å². The van der Waals surface area contributed by atoms with Crippen LogP contribution in [-0.2, 0) is 6.54 Å². The van der Waals surface area contributed by atoms with Gasteiger partial charge in [0.1, 0.15) is 5.01 Å². The van der Waals surface area contributed by atoms with Crippen LogP contribution in [0.3, 0.4) is 0 Å². The molecule has 0 aliphatic heterocycles. The highest BCUT2D eigenvalue weighted by atomic mass is 32.1. The quantitative estimate of drug-likeness (QED) is 0.904. The number of rotatable bonds is 5. The number of carbonyl (C=O) groups excluding carboxylic acids is 1. The average Bonchev–Trinajstić information content (AvgIpc) is 3.15. The van der Waals surface area contributed by atoms with Gasteiger partial charge in [-0.2, -0.15) is 0 Å². The standard InChI is InChI=1S/C15H25N3OS/c1-9(2)11(4)18(13-6-7-13)15(19)16-8-14-17-10(3)12(5)20-14/h9,11,13H,6-8H2,1-5H3,(H,16,19)/t11-/m0/s1. The maximum absolute atomic E-state index is 12.4. The first-order valence-electron chi connectivity index (χ1n) is 7.39. The minimum atomic E-state index is 0.0548. The van der Waals surface area contributed by atoms with Gasteiger partial charge in [0, 0.05) is 17.0 Å². The van der Waals surface area contributed by atoms with E-state index in [-0.39, 0.29) is 12.1 Å². The number of hydrogen-bond donors (Lipinski definition) is 1. The molecule has 0 bridgehead atoms. The fraction of sp³-hybridized carbons (Fsp3) is 0.733. The molecule has 112 valence electrons. The van der Waals surface area contributed by atoms with Gasteiger partial charge in [-0.15, -0.1) is 11.3 Å². The molecule has 1 aliphatic rings. The Hall–Kier alpha value is -1.10. The van der Waals surface area contributed by atoms with Crippen molar-refractivity contribution in [3.05, 3.63) is 15.6 Å². The minimum Gasteiger partial charge on any atom is -0.331 e. The van der Waals surface area contributed by atoms with Gasteiger partial charge in [-0.05, 0) is 39.5 Å². The van der Waals surface area contributed by atoms with Gasteiger partial charge in [0.15, 0.2) is 0 Å². The zero-order valence-corrected chi connectivity index (χ0v) is 13.9. The summed E-state index contributed by atoms with van der Waals surface area (Å²) in [6.07, 6.45) is 2.28. The van der Waals surface area contributed by atoms with E-state index >= 15 is 0 Å². The first-order chi connectivity index (χ1) is 9.40. The van der Waals surface area contributed by atoms with Crippen molar-refractivity contribution in [1.29, 1.82) is 0 Å². The van der Waals surface area contributed by atoms with Gasteiger partial charge in [-0.3, -0.25) is 0 Å². The van der Waals surface area contributed by atoms with Crippen LogP contribution in [0.1, 0.15) is 49.2 Å². The van der Waals surface area contributed by atoms with Gasteiger partial charge in [0.25, 0.3) is 0 Å². The van der Waals surface area contributed by atoms with Crippen LogP contribution in [0.2, 0.25) is 0 Å². The summed E-state index contributed by atoms with van der Waals surface area (Å²) in [7, 11) is 0. The van der Waals surface area contributed by atoms with Gasteiger partial charge in [-0.25, -0.2) is 9.78 Å². The predicted octanol–water partition coefficient (Wildman–Crippen LogP) is 3.48. The largest absolute Gasteiger partial charge is 0.331 e. The summed E-state index contributed by atoms with van der Waals surface area (Å²) >= 11 is 1.66. The van der Waals surface area contributed by atoms with Crippen LogP contribution in [0.4, 0.5) is 4.79 Å². The van der Waals surface area contributed by atoms with E-state index in [1.54, 1.807) is 11.3 Å². The van der Waals surface area contributed by atoms with E-state index in [1.165, 1.54) is 4.88 Å². The number of nitrogens with zero attached hydrogens (tertiary/aromatic N) is 2. The summed E-state index contributed by atoms with van der Waals surface area (Å²) in [5, 5.41) is 4.02. The molecule has 1 fully saturated rings. The molecule has 0 spiro atoms. The van der Waals surface area contributed by atoms with E-state index in [9.17, 15) is 4.79 Å². The SMILES string of the molecule is Cc1nc(CNC(=O)N(C2CC2)[C@@H](C)C(C)C)sc1C. The van der Waals surface area contributed by atoms with E-state index in [1.807, 2.05) is 11.8 Å². The molecule has 2 rings (SSSR count). The molecule has 1 aliphatic carbocycles. The van der Waals surface area contributed by atoms with Gasteiger partial charge in [-0.1, -0.05) is 13.8 Å².